The number of aromatic nitrogens is 2. The molecule has 0 spiro atoms. The zero-order valence-electron chi connectivity index (χ0n) is 9.06. The summed E-state index contributed by atoms with van der Waals surface area (Å²) in [6, 6.07) is 3.22. The minimum Gasteiger partial charge on any atom is -0.382 e. The quantitative estimate of drug-likeness (QED) is 0.868. The van der Waals surface area contributed by atoms with Crippen LogP contribution in [0, 0.1) is 18.6 Å². The molecule has 5 heteroatoms. The smallest absolute Gasteiger partial charge is 0.159 e. The highest BCUT2D eigenvalue weighted by Crippen LogP contribution is 2.21. The third-order valence-electron chi connectivity index (χ3n) is 2.34. The molecule has 88 valence electrons. The number of hydrogen-bond donors (Lipinski definition) is 1. The van der Waals surface area contributed by atoms with Crippen LogP contribution >= 0.6 is 0 Å². The fourth-order valence-corrected chi connectivity index (χ4v) is 1.40. The average Bonchev–Trinajstić information content (AvgIpc) is 2.33. The van der Waals surface area contributed by atoms with Gasteiger partial charge in [0.1, 0.15) is 6.10 Å². The highest BCUT2D eigenvalue weighted by atomic mass is 19.2. The van der Waals surface area contributed by atoms with E-state index in [0.29, 0.717) is 11.4 Å². The Hall–Kier alpha value is -1.88. The van der Waals surface area contributed by atoms with Crippen LogP contribution in [-0.2, 0) is 0 Å². The molecule has 3 nitrogen and oxygen atoms in total. The van der Waals surface area contributed by atoms with Crippen LogP contribution in [0.2, 0.25) is 0 Å². The van der Waals surface area contributed by atoms with E-state index < -0.39 is 17.7 Å². The molecular formula is C12H10F2N2O. The van der Waals surface area contributed by atoms with Crippen molar-refractivity contribution in [2.45, 2.75) is 13.0 Å². The molecule has 17 heavy (non-hydrogen) atoms. The molecule has 0 aliphatic rings. The SMILES string of the molecule is Cc1cnc(C(O)c2ccc(F)c(F)c2)cn1. The van der Waals surface area contributed by atoms with Crippen molar-refractivity contribution >= 4 is 0 Å². The Bertz CT molecular complexity index is 529. The molecule has 1 aromatic carbocycles. The van der Waals surface area contributed by atoms with E-state index in [-0.39, 0.29) is 5.56 Å². The number of hydrogen-bond acceptors (Lipinski definition) is 3. The summed E-state index contributed by atoms with van der Waals surface area (Å²) in [4.78, 5) is 7.95. The average molecular weight is 236 g/mol. The Kier molecular flexibility index (Phi) is 3.10. The topological polar surface area (TPSA) is 46.0 Å². The second-order valence-corrected chi connectivity index (χ2v) is 3.66. The third-order valence-corrected chi connectivity index (χ3v) is 2.34. The molecule has 0 radical (unpaired) electrons. The Labute approximate surface area is 96.8 Å². The first-order valence-electron chi connectivity index (χ1n) is 4.99. The van der Waals surface area contributed by atoms with E-state index in [1.165, 1.54) is 18.5 Å². The number of halogens is 2. The Balaban J connectivity index is 2.33. The molecular weight excluding hydrogens is 226 g/mol. The van der Waals surface area contributed by atoms with Gasteiger partial charge in [0.15, 0.2) is 11.6 Å². The molecule has 1 aromatic heterocycles. The molecule has 2 aromatic rings. The van der Waals surface area contributed by atoms with E-state index in [1.807, 2.05) is 0 Å². The van der Waals surface area contributed by atoms with Crippen molar-refractivity contribution in [3.05, 3.63) is 59.2 Å². The number of aliphatic hydroxyl groups is 1. The Morgan fingerprint density at radius 1 is 1.12 bits per heavy atom. The summed E-state index contributed by atoms with van der Waals surface area (Å²) in [5, 5.41) is 9.91. The van der Waals surface area contributed by atoms with Gasteiger partial charge in [-0.1, -0.05) is 6.07 Å². The maximum Gasteiger partial charge on any atom is 0.159 e. The lowest BCUT2D eigenvalue weighted by molar-refractivity contribution is 0.214. The molecule has 1 atom stereocenters. The molecule has 0 aliphatic carbocycles. The van der Waals surface area contributed by atoms with Crippen molar-refractivity contribution in [3.63, 3.8) is 0 Å². The first kappa shape index (κ1) is 11.6. The predicted octanol–water partition coefficient (Wildman–Crippen LogP) is 2.14. The number of rotatable bonds is 2. The zero-order chi connectivity index (χ0) is 12.4. The van der Waals surface area contributed by atoms with Gasteiger partial charge in [0.2, 0.25) is 0 Å². The third kappa shape index (κ3) is 2.45. The normalized spacial score (nSPS) is 12.5. The lowest BCUT2D eigenvalue weighted by atomic mass is 10.1. The maximum atomic E-state index is 13.0. The van der Waals surface area contributed by atoms with Crippen LogP contribution in [0.3, 0.4) is 0 Å². The molecule has 1 unspecified atom stereocenters. The summed E-state index contributed by atoms with van der Waals surface area (Å²) in [6.45, 7) is 1.76. The van der Waals surface area contributed by atoms with Crippen LogP contribution in [-0.4, -0.2) is 15.1 Å². The molecule has 0 amide bonds. The van der Waals surface area contributed by atoms with E-state index in [1.54, 1.807) is 6.92 Å². The zero-order valence-corrected chi connectivity index (χ0v) is 9.06. The van der Waals surface area contributed by atoms with Crippen LogP contribution in [0.1, 0.15) is 23.1 Å². The summed E-state index contributed by atoms with van der Waals surface area (Å²) < 4.78 is 25.7. The number of nitrogens with zero attached hydrogens (tertiary/aromatic N) is 2. The van der Waals surface area contributed by atoms with Gasteiger partial charge in [-0.3, -0.25) is 9.97 Å². The highest BCUT2D eigenvalue weighted by molar-refractivity contribution is 5.25. The van der Waals surface area contributed by atoms with Gasteiger partial charge in [-0.25, -0.2) is 8.78 Å². The lowest BCUT2D eigenvalue weighted by Crippen LogP contribution is -2.04. The summed E-state index contributed by atoms with van der Waals surface area (Å²) in [5.41, 5.74) is 1.25. The van der Waals surface area contributed by atoms with E-state index in [2.05, 4.69) is 9.97 Å². The van der Waals surface area contributed by atoms with Crippen molar-refractivity contribution in [1.82, 2.24) is 9.97 Å². The molecule has 2 rings (SSSR count). The fraction of sp³-hybridized carbons (Fsp3) is 0.167. The Morgan fingerprint density at radius 3 is 2.47 bits per heavy atom. The van der Waals surface area contributed by atoms with Crippen molar-refractivity contribution in [2.75, 3.05) is 0 Å². The summed E-state index contributed by atoms with van der Waals surface area (Å²) in [6.07, 6.45) is 1.79. The monoisotopic (exact) mass is 236 g/mol. The molecule has 0 aliphatic heterocycles. The van der Waals surface area contributed by atoms with Crippen molar-refractivity contribution < 1.29 is 13.9 Å². The highest BCUT2D eigenvalue weighted by Gasteiger charge is 2.14. The van der Waals surface area contributed by atoms with Gasteiger partial charge in [0.05, 0.1) is 17.6 Å². The van der Waals surface area contributed by atoms with Gasteiger partial charge in [0, 0.05) is 6.20 Å². The summed E-state index contributed by atoms with van der Waals surface area (Å²) in [7, 11) is 0. The first-order valence-corrected chi connectivity index (χ1v) is 4.99. The molecule has 0 saturated carbocycles. The van der Waals surface area contributed by atoms with Crippen LogP contribution < -0.4 is 0 Å². The van der Waals surface area contributed by atoms with Gasteiger partial charge in [0.25, 0.3) is 0 Å². The second-order valence-electron chi connectivity index (χ2n) is 3.66. The van der Waals surface area contributed by atoms with Gasteiger partial charge >= 0.3 is 0 Å². The largest absolute Gasteiger partial charge is 0.382 e. The van der Waals surface area contributed by atoms with Gasteiger partial charge in [-0.05, 0) is 24.6 Å². The van der Waals surface area contributed by atoms with E-state index in [9.17, 15) is 13.9 Å². The van der Waals surface area contributed by atoms with Crippen LogP contribution in [0.5, 0.6) is 0 Å². The minimum absolute atomic E-state index is 0.238. The molecule has 0 saturated heterocycles. The minimum atomic E-state index is -1.11. The standard InChI is InChI=1S/C12H10F2N2O/c1-7-5-16-11(6-15-7)12(17)8-2-3-9(13)10(14)4-8/h2-6,12,17H,1H3. The molecule has 0 fully saturated rings. The van der Waals surface area contributed by atoms with E-state index >= 15 is 0 Å². The Morgan fingerprint density at radius 2 is 1.88 bits per heavy atom. The predicted molar refractivity (Wildman–Crippen MR) is 57.2 cm³/mol. The van der Waals surface area contributed by atoms with Crippen molar-refractivity contribution in [1.29, 1.82) is 0 Å². The maximum absolute atomic E-state index is 13.0. The number of benzene rings is 1. The first-order chi connectivity index (χ1) is 8.08. The van der Waals surface area contributed by atoms with Crippen molar-refractivity contribution in [2.24, 2.45) is 0 Å². The van der Waals surface area contributed by atoms with E-state index in [0.717, 1.165) is 12.1 Å². The summed E-state index contributed by atoms with van der Waals surface area (Å²) >= 11 is 0. The molecule has 1 heterocycles. The fourth-order valence-electron chi connectivity index (χ4n) is 1.40. The van der Waals surface area contributed by atoms with Crippen LogP contribution in [0.4, 0.5) is 8.78 Å². The molecule has 1 N–H and O–H groups in total. The number of aryl methyl sites for hydroxylation is 1. The number of aliphatic hydroxyl groups excluding tert-OH is 1. The van der Waals surface area contributed by atoms with Crippen molar-refractivity contribution in [3.8, 4) is 0 Å². The second kappa shape index (κ2) is 4.55. The summed E-state index contributed by atoms with van der Waals surface area (Å²) in [5.74, 6) is -1.95. The van der Waals surface area contributed by atoms with Gasteiger partial charge in [-0.2, -0.15) is 0 Å². The van der Waals surface area contributed by atoms with Crippen LogP contribution in [0.15, 0.2) is 30.6 Å². The van der Waals surface area contributed by atoms with Crippen LogP contribution in [0.25, 0.3) is 0 Å². The van der Waals surface area contributed by atoms with E-state index in [4.69, 9.17) is 0 Å². The van der Waals surface area contributed by atoms with Gasteiger partial charge < -0.3 is 5.11 Å². The molecule has 0 bridgehead atoms. The van der Waals surface area contributed by atoms with Gasteiger partial charge in [-0.15, -0.1) is 0 Å². The lowest BCUT2D eigenvalue weighted by Gasteiger charge is -2.10.